The molecule has 1 aliphatic rings. The standard InChI is InChI=1S/C16H24BrFN2/c1-3-20(11-13-5-4-8-19-10-13)12(2)15-9-14(17)6-7-16(15)18/h6-7,9,12-13,19H,3-5,8,10-11H2,1-2H3. The first-order chi connectivity index (χ1) is 9.61. The van der Waals surface area contributed by atoms with Gasteiger partial charge in [-0.25, -0.2) is 4.39 Å². The number of nitrogens with one attached hydrogen (secondary N) is 1. The molecular formula is C16H24BrFN2. The number of hydrogen-bond acceptors (Lipinski definition) is 2. The van der Waals surface area contributed by atoms with Gasteiger partial charge in [0.1, 0.15) is 5.82 Å². The van der Waals surface area contributed by atoms with Gasteiger partial charge in [-0.3, -0.25) is 4.90 Å². The minimum absolute atomic E-state index is 0.110. The maximum Gasteiger partial charge on any atom is 0.128 e. The second-order valence-electron chi connectivity index (χ2n) is 5.64. The molecule has 0 bridgehead atoms. The summed E-state index contributed by atoms with van der Waals surface area (Å²) >= 11 is 3.44. The van der Waals surface area contributed by atoms with Crippen LogP contribution in [-0.4, -0.2) is 31.1 Å². The summed E-state index contributed by atoms with van der Waals surface area (Å²) in [4.78, 5) is 2.38. The summed E-state index contributed by atoms with van der Waals surface area (Å²) in [6, 6.07) is 5.32. The fourth-order valence-electron chi connectivity index (χ4n) is 3.00. The van der Waals surface area contributed by atoms with Crippen LogP contribution in [0.1, 0.15) is 38.3 Å². The van der Waals surface area contributed by atoms with E-state index in [9.17, 15) is 4.39 Å². The van der Waals surface area contributed by atoms with E-state index in [1.807, 2.05) is 6.07 Å². The van der Waals surface area contributed by atoms with Crippen LogP contribution in [0.25, 0.3) is 0 Å². The van der Waals surface area contributed by atoms with Gasteiger partial charge in [-0.05, 0) is 63.5 Å². The lowest BCUT2D eigenvalue weighted by Crippen LogP contribution is -2.39. The van der Waals surface area contributed by atoms with Gasteiger partial charge >= 0.3 is 0 Å². The number of benzene rings is 1. The molecule has 1 heterocycles. The van der Waals surface area contributed by atoms with Crippen LogP contribution >= 0.6 is 15.9 Å². The molecule has 1 aliphatic heterocycles. The van der Waals surface area contributed by atoms with Gasteiger partial charge in [-0.1, -0.05) is 22.9 Å². The lowest BCUT2D eigenvalue weighted by Gasteiger charge is -2.33. The van der Waals surface area contributed by atoms with Crippen LogP contribution in [0.15, 0.2) is 22.7 Å². The molecule has 112 valence electrons. The topological polar surface area (TPSA) is 15.3 Å². The van der Waals surface area contributed by atoms with E-state index in [0.29, 0.717) is 5.92 Å². The van der Waals surface area contributed by atoms with Gasteiger partial charge in [0.15, 0.2) is 0 Å². The van der Waals surface area contributed by atoms with E-state index in [0.717, 1.165) is 36.2 Å². The van der Waals surface area contributed by atoms with Crippen molar-refractivity contribution in [3.8, 4) is 0 Å². The number of piperidine rings is 1. The van der Waals surface area contributed by atoms with Crippen molar-refractivity contribution in [1.82, 2.24) is 10.2 Å². The summed E-state index contributed by atoms with van der Waals surface area (Å²) in [5, 5.41) is 3.46. The molecule has 1 aromatic carbocycles. The third kappa shape index (κ3) is 4.03. The van der Waals surface area contributed by atoms with Crippen LogP contribution in [0.4, 0.5) is 4.39 Å². The maximum absolute atomic E-state index is 14.0. The maximum atomic E-state index is 14.0. The average molecular weight is 343 g/mol. The Kier molecular flexibility index (Phi) is 6.00. The minimum atomic E-state index is -0.110. The smallest absolute Gasteiger partial charge is 0.128 e. The van der Waals surface area contributed by atoms with Crippen molar-refractivity contribution in [3.63, 3.8) is 0 Å². The van der Waals surface area contributed by atoms with E-state index < -0.39 is 0 Å². The molecule has 0 aromatic heterocycles. The number of hydrogen-bond donors (Lipinski definition) is 1. The second kappa shape index (κ2) is 7.53. The highest BCUT2D eigenvalue weighted by atomic mass is 79.9. The van der Waals surface area contributed by atoms with Crippen LogP contribution in [0, 0.1) is 11.7 Å². The van der Waals surface area contributed by atoms with Crippen LogP contribution < -0.4 is 5.32 Å². The fraction of sp³-hybridized carbons (Fsp3) is 0.625. The summed E-state index contributed by atoms with van der Waals surface area (Å²) in [5.41, 5.74) is 0.782. The molecule has 2 nitrogen and oxygen atoms in total. The van der Waals surface area contributed by atoms with E-state index in [2.05, 4.69) is 40.0 Å². The van der Waals surface area contributed by atoms with Crippen molar-refractivity contribution in [2.75, 3.05) is 26.2 Å². The Hall–Kier alpha value is -0.450. The summed E-state index contributed by atoms with van der Waals surface area (Å²) in [7, 11) is 0. The molecule has 1 aromatic rings. The van der Waals surface area contributed by atoms with Crippen molar-refractivity contribution in [1.29, 1.82) is 0 Å². The molecule has 0 amide bonds. The highest BCUT2D eigenvalue weighted by molar-refractivity contribution is 9.10. The third-order valence-electron chi connectivity index (χ3n) is 4.25. The molecule has 1 N–H and O–H groups in total. The van der Waals surface area contributed by atoms with Crippen LogP contribution in [0.5, 0.6) is 0 Å². The highest BCUT2D eigenvalue weighted by Crippen LogP contribution is 2.27. The fourth-order valence-corrected chi connectivity index (χ4v) is 3.38. The molecular weight excluding hydrogens is 319 g/mol. The molecule has 0 radical (unpaired) electrons. The van der Waals surface area contributed by atoms with E-state index in [1.165, 1.54) is 12.8 Å². The molecule has 0 spiro atoms. The Morgan fingerprint density at radius 1 is 1.50 bits per heavy atom. The van der Waals surface area contributed by atoms with Gasteiger partial charge in [0.2, 0.25) is 0 Å². The first kappa shape index (κ1) is 15.9. The molecule has 1 saturated heterocycles. The zero-order chi connectivity index (χ0) is 14.5. The van der Waals surface area contributed by atoms with E-state index >= 15 is 0 Å². The van der Waals surface area contributed by atoms with Gasteiger partial charge < -0.3 is 5.32 Å². The summed E-state index contributed by atoms with van der Waals surface area (Å²) in [5.74, 6) is 0.572. The molecule has 2 unspecified atom stereocenters. The Bertz CT molecular complexity index is 432. The van der Waals surface area contributed by atoms with Crippen molar-refractivity contribution < 1.29 is 4.39 Å². The predicted octanol–water partition coefficient (Wildman–Crippen LogP) is 3.97. The first-order valence-corrected chi connectivity index (χ1v) is 8.30. The summed E-state index contributed by atoms with van der Waals surface area (Å²) < 4.78 is 15.0. The first-order valence-electron chi connectivity index (χ1n) is 7.51. The van der Waals surface area contributed by atoms with Gasteiger partial charge in [0.05, 0.1) is 0 Å². The van der Waals surface area contributed by atoms with Gasteiger partial charge in [-0.15, -0.1) is 0 Å². The molecule has 0 aliphatic carbocycles. The Morgan fingerprint density at radius 2 is 2.30 bits per heavy atom. The van der Waals surface area contributed by atoms with Crippen molar-refractivity contribution in [3.05, 3.63) is 34.1 Å². The lowest BCUT2D eigenvalue weighted by molar-refractivity contribution is 0.168. The third-order valence-corrected chi connectivity index (χ3v) is 4.75. The zero-order valence-electron chi connectivity index (χ0n) is 12.3. The highest BCUT2D eigenvalue weighted by Gasteiger charge is 2.22. The van der Waals surface area contributed by atoms with Crippen molar-refractivity contribution in [2.24, 2.45) is 5.92 Å². The predicted molar refractivity (Wildman–Crippen MR) is 85.4 cm³/mol. The lowest BCUT2D eigenvalue weighted by atomic mass is 9.97. The number of halogens is 2. The molecule has 4 heteroatoms. The summed E-state index contributed by atoms with van der Waals surface area (Å²) in [6.45, 7) is 8.47. The van der Waals surface area contributed by atoms with Crippen LogP contribution in [0.3, 0.4) is 0 Å². The van der Waals surface area contributed by atoms with Crippen molar-refractivity contribution in [2.45, 2.75) is 32.7 Å². The molecule has 1 fully saturated rings. The Balaban J connectivity index is 2.07. The Labute approximate surface area is 129 Å². The SMILES string of the molecule is CCN(CC1CCCNC1)C(C)c1cc(Br)ccc1F. The summed E-state index contributed by atoms with van der Waals surface area (Å²) in [6.07, 6.45) is 2.53. The average Bonchev–Trinajstić information content (AvgIpc) is 2.47. The number of rotatable bonds is 5. The number of nitrogens with zero attached hydrogens (tertiary/aromatic N) is 1. The Morgan fingerprint density at radius 3 is 2.95 bits per heavy atom. The normalized spacial score (nSPS) is 21.1. The monoisotopic (exact) mass is 342 g/mol. The van der Waals surface area contributed by atoms with Crippen molar-refractivity contribution >= 4 is 15.9 Å². The van der Waals surface area contributed by atoms with E-state index in [1.54, 1.807) is 12.1 Å². The van der Waals surface area contributed by atoms with E-state index in [-0.39, 0.29) is 11.9 Å². The molecule has 0 saturated carbocycles. The second-order valence-corrected chi connectivity index (χ2v) is 6.56. The van der Waals surface area contributed by atoms with Crippen LogP contribution in [-0.2, 0) is 0 Å². The molecule has 2 atom stereocenters. The van der Waals surface area contributed by atoms with E-state index in [4.69, 9.17) is 0 Å². The van der Waals surface area contributed by atoms with Crippen LogP contribution in [0.2, 0.25) is 0 Å². The molecule has 20 heavy (non-hydrogen) atoms. The largest absolute Gasteiger partial charge is 0.316 e. The molecule has 2 rings (SSSR count). The van der Waals surface area contributed by atoms with Gasteiger partial charge in [0, 0.05) is 22.6 Å². The quantitative estimate of drug-likeness (QED) is 0.870. The zero-order valence-corrected chi connectivity index (χ0v) is 13.9. The van der Waals surface area contributed by atoms with Gasteiger partial charge in [0.25, 0.3) is 0 Å². The van der Waals surface area contributed by atoms with Gasteiger partial charge in [-0.2, -0.15) is 0 Å². The minimum Gasteiger partial charge on any atom is -0.316 e.